The number of aliphatic hydroxyl groups excluding tert-OH is 3. The summed E-state index contributed by atoms with van der Waals surface area (Å²) in [5.74, 6) is 0.528. The van der Waals surface area contributed by atoms with Crippen molar-refractivity contribution in [1.29, 1.82) is 0 Å². The van der Waals surface area contributed by atoms with E-state index in [-0.39, 0.29) is 0 Å². The number of aliphatic hydroxyl groups is 3. The van der Waals surface area contributed by atoms with E-state index in [0.717, 1.165) is 12.0 Å². The van der Waals surface area contributed by atoms with Gasteiger partial charge in [0.25, 0.3) is 0 Å². The standard InChI is InChI=1S/C11H16O4/c1-2-8-5-3-4-6-10(8)15-11(14)9(13)7-12/h3-6,9,11-14H,2,7H2,1H3. The van der Waals surface area contributed by atoms with Gasteiger partial charge in [0.2, 0.25) is 6.29 Å². The zero-order valence-corrected chi connectivity index (χ0v) is 8.63. The van der Waals surface area contributed by atoms with Gasteiger partial charge in [0.15, 0.2) is 0 Å². The van der Waals surface area contributed by atoms with E-state index in [2.05, 4.69) is 0 Å². The Kier molecular flexibility index (Phi) is 4.55. The SMILES string of the molecule is CCc1ccccc1OC(O)C(O)CO. The molecule has 0 heterocycles. The van der Waals surface area contributed by atoms with E-state index in [1.165, 1.54) is 0 Å². The predicted octanol–water partition coefficient (Wildman–Crippen LogP) is 0.299. The number of rotatable bonds is 5. The molecule has 15 heavy (non-hydrogen) atoms. The van der Waals surface area contributed by atoms with E-state index in [9.17, 15) is 5.11 Å². The van der Waals surface area contributed by atoms with Gasteiger partial charge in [-0.3, -0.25) is 0 Å². The Hall–Kier alpha value is -1.10. The molecule has 0 radical (unpaired) electrons. The Morgan fingerprint density at radius 2 is 1.93 bits per heavy atom. The summed E-state index contributed by atoms with van der Waals surface area (Å²) in [7, 11) is 0. The lowest BCUT2D eigenvalue weighted by atomic mass is 10.1. The van der Waals surface area contributed by atoms with Crippen molar-refractivity contribution in [3.63, 3.8) is 0 Å². The van der Waals surface area contributed by atoms with Gasteiger partial charge in [0, 0.05) is 0 Å². The molecule has 0 bridgehead atoms. The van der Waals surface area contributed by atoms with Gasteiger partial charge in [-0.2, -0.15) is 0 Å². The van der Waals surface area contributed by atoms with E-state index in [0.29, 0.717) is 5.75 Å². The van der Waals surface area contributed by atoms with Gasteiger partial charge in [-0.15, -0.1) is 0 Å². The summed E-state index contributed by atoms with van der Waals surface area (Å²) < 4.78 is 5.13. The fraction of sp³-hybridized carbons (Fsp3) is 0.455. The van der Waals surface area contributed by atoms with E-state index in [4.69, 9.17) is 14.9 Å². The first-order valence-electron chi connectivity index (χ1n) is 4.90. The maximum absolute atomic E-state index is 9.36. The summed E-state index contributed by atoms with van der Waals surface area (Å²) >= 11 is 0. The first-order chi connectivity index (χ1) is 7.19. The fourth-order valence-corrected chi connectivity index (χ4v) is 1.21. The van der Waals surface area contributed by atoms with Crippen molar-refractivity contribution in [3.8, 4) is 5.75 Å². The molecule has 0 aromatic heterocycles. The number of aryl methyl sites for hydroxylation is 1. The second-order valence-corrected chi connectivity index (χ2v) is 3.22. The quantitative estimate of drug-likeness (QED) is 0.614. The van der Waals surface area contributed by atoms with Crippen LogP contribution in [0.25, 0.3) is 0 Å². The molecule has 3 N–H and O–H groups in total. The molecule has 1 aromatic rings. The normalized spacial score (nSPS) is 14.7. The van der Waals surface area contributed by atoms with Crippen LogP contribution in [0.15, 0.2) is 24.3 Å². The third-order valence-corrected chi connectivity index (χ3v) is 2.12. The third-order valence-electron chi connectivity index (χ3n) is 2.12. The molecule has 1 aromatic carbocycles. The third kappa shape index (κ3) is 3.20. The maximum Gasteiger partial charge on any atom is 0.225 e. The zero-order valence-electron chi connectivity index (χ0n) is 8.63. The van der Waals surface area contributed by atoms with Crippen LogP contribution in [0, 0.1) is 0 Å². The van der Waals surface area contributed by atoms with Crippen LogP contribution in [-0.2, 0) is 6.42 Å². The molecule has 84 valence electrons. The number of benzene rings is 1. The lowest BCUT2D eigenvalue weighted by Crippen LogP contribution is -2.34. The molecule has 1 rings (SSSR count). The smallest absolute Gasteiger partial charge is 0.225 e. The van der Waals surface area contributed by atoms with Gasteiger partial charge in [0.05, 0.1) is 6.61 Å². The number of ether oxygens (including phenoxy) is 1. The molecule has 2 unspecified atom stereocenters. The number of hydrogen-bond acceptors (Lipinski definition) is 4. The lowest BCUT2D eigenvalue weighted by molar-refractivity contribution is -0.118. The molecule has 0 aliphatic carbocycles. The summed E-state index contributed by atoms with van der Waals surface area (Å²) in [6, 6.07) is 7.26. The van der Waals surface area contributed by atoms with Crippen molar-refractivity contribution >= 4 is 0 Å². The van der Waals surface area contributed by atoms with E-state index >= 15 is 0 Å². The first-order valence-corrected chi connectivity index (χ1v) is 4.90. The Balaban J connectivity index is 2.71. The molecule has 4 nitrogen and oxygen atoms in total. The highest BCUT2D eigenvalue weighted by Gasteiger charge is 2.17. The molecule has 0 spiro atoms. The molecule has 0 fully saturated rings. The van der Waals surface area contributed by atoms with Crippen LogP contribution in [0.4, 0.5) is 0 Å². The van der Waals surface area contributed by atoms with E-state index in [1.54, 1.807) is 12.1 Å². The van der Waals surface area contributed by atoms with Crippen molar-refractivity contribution in [1.82, 2.24) is 0 Å². The van der Waals surface area contributed by atoms with Gasteiger partial charge in [-0.25, -0.2) is 0 Å². The second kappa shape index (κ2) is 5.70. The topological polar surface area (TPSA) is 69.9 Å². The molecule has 4 heteroatoms. The minimum atomic E-state index is -1.40. The molecular formula is C11H16O4. The Morgan fingerprint density at radius 3 is 2.53 bits per heavy atom. The molecule has 0 saturated carbocycles. The minimum absolute atomic E-state index is 0.528. The predicted molar refractivity (Wildman–Crippen MR) is 55.5 cm³/mol. The van der Waals surface area contributed by atoms with Crippen LogP contribution >= 0.6 is 0 Å². The van der Waals surface area contributed by atoms with Crippen LogP contribution in [-0.4, -0.2) is 34.3 Å². The van der Waals surface area contributed by atoms with Gasteiger partial charge >= 0.3 is 0 Å². The van der Waals surface area contributed by atoms with Crippen LogP contribution < -0.4 is 4.74 Å². The number of para-hydroxylation sites is 1. The highest BCUT2D eigenvalue weighted by molar-refractivity contribution is 5.33. The highest BCUT2D eigenvalue weighted by atomic mass is 16.6. The Bertz CT molecular complexity index is 300. The molecule has 0 aliphatic rings. The monoisotopic (exact) mass is 212 g/mol. The molecular weight excluding hydrogens is 196 g/mol. The maximum atomic E-state index is 9.36. The summed E-state index contributed by atoms with van der Waals surface area (Å²) in [5, 5.41) is 27.1. The largest absolute Gasteiger partial charge is 0.462 e. The molecule has 0 amide bonds. The van der Waals surface area contributed by atoms with E-state index < -0.39 is 19.0 Å². The lowest BCUT2D eigenvalue weighted by Gasteiger charge is -2.18. The Labute approximate surface area is 88.8 Å². The highest BCUT2D eigenvalue weighted by Crippen LogP contribution is 2.19. The van der Waals surface area contributed by atoms with Gasteiger partial charge < -0.3 is 20.1 Å². The van der Waals surface area contributed by atoms with Crippen molar-refractivity contribution in [2.75, 3.05) is 6.61 Å². The average Bonchev–Trinajstić information content (AvgIpc) is 2.28. The summed E-state index contributed by atoms with van der Waals surface area (Å²) in [4.78, 5) is 0. The van der Waals surface area contributed by atoms with Crippen LogP contribution in [0.5, 0.6) is 5.75 Å². The summed E-state index contributed by atoms with van der Waals surface area (Å²) in [6.07, 6.45) is -1.91. The van der Waals surface area contributed by atoms with Crippen molar-refractivity contribution < 1.29 is 20.1 Å². The summed E-state index contributed by atoms with van der Waals surface area (Å²) in [6.45, 7) is 1.44. The van der Waals surface area contributed by atoms with Crippen molar-refractivity contribution in [2.24, 2.45) is 0 Å². The summed E-state index contributed by atoms with van der Waals surface area (Å²) in [5.41, 5.74) is 0.946. The average molecular weight is 212 g/mol. The fourth-order valence-electron chi connectivity index (χ4n) is 1.21. The van der Waals surface area contributed by atoms with Gasteiger partial charge in [-0.05, 0) is 18.1 Å². The van der Waals surface area contributed by atoms with Crippen molar-refractivity contribution in [2.45, 2.75) is 25.7 Å². The van der Waals surface area contributed by atoms with Gasteiger partial charge in [-0.1, -0.05) is 25.1 Å². The molecule has 0 saturated heterocycles. The van der Waals surface area contributed by atoms with Gasteiger partial charge in [0.1, 0.15) is 11.9 Å². The molecule has 0 aliphatic heterocycles. The van der Waals surface area contributed by atoms with Crippen LogP contribution in [0.2, 0.25) is 0 Å². The minimum Gasteiger partial charge on any atom is -0.462 e. The van der Waals surface area contributed by atoms with Crippen molar-refractivity contribution in [3.05, 3.63) is 29.8 Å². The zero-order chi connectivity index (χ0) is 11.3. The van der Waals surface area contributed by atoms with Crippen LogP contribution in [0.1, 0.15) is 12.5 Å². The number of hydrogen-bond donors (Lipinski definition) is 3. The second-order valence-electron chi connectivity index (χ2n) is 3.22. The first kappa shape index (κ1) is 12.0. The molecule has 2 atom stereocenters. The van der Waals surface area contributed by atoms with E-state index in [1.807, 2.05) is 19.1 Å². The Morgan fingerprint density at radius 1 is 1.27 bits per heavy atom. The van der Waals surface area contributed by atoms with Crippen LogP contribution in [0.3, 0.4) is 0 Å².